The van der Waals surface area contributed by atoms with Crippen LogP contribution in [0.3, 0.4) is 0 Å². The van der Waals surface area contributed by atoms with Crippen molar-refractivity contribution in [3.05, 3.63) is 28.8 Å². The molecule has 0 saturated carbocycles. The first kappa shape index (κ1) is 9.94. The van der Waals surface area contributed by atoms with Gasteiger partial charge in [0.25, 0.3) is 5.91 Å². The fourth-order valence-electron chi connectivity index (χ4n) is 1.08. The lowest BCUT2D eigenvalue weighted by atomic mass is 10.3. The lowest BCUT2D eigenvalue weighted by Gasteiger charge is -1.90. The van der Waals surface area contributed by atoms with Gasteiger partial charge in [0.2, 0.25) is 0 Å². The predicted octanol–water partition coefficient (Wildman–Crippen LogP) is 1.18. The number of fused-ring (bicyclic) bond motifs is 1. The quantitative estimate of drug-likeness (QED) is 0.438. The number of aromatic nitrogens is 1. The summed E-state index contributed by atoms with van der Waals surface area (Å²) < 4.78 is 26.0. The number of halogens is 2. The Balaban J connectivity index is 2.61. The molecular weight excluding hydrogens is 224 g/mol. The second-order valence-corrected chi connectivity index (χ2v) is 3.76. The summed E-state index contributed by atoms with van der Waals surface area (Å²) >= 11 is 0.943. The van der Waals surface area contributed by atoms with Gasteiger partial charge >= 0.3 is 0 Å². The average molecular weight is 229 g/mol. The second-order valence-electron chi connectivity index (χ2n) is 2.73. The average Bonchev–Trinajstić information content (AvgIpc) is 2.60. The number of hydrazine groups is 1. The molecule has 1 aromatic heterocycles. The molecule has 1 aromatic carbocycles. The second kappa shape index (κ2) is 3.52. The molecule has 3 N–H and O–H groups in total. The van der Waals surface area contributed by atoms with Crippen molar-refractivity contribution in [3.63, 3.8) is 0 Å². The van der Waals surface area contributed by atoms with Gasteiger partial charge in [-0.3, -0.25) is 10.2 Å². The molecule has 1 amide bonds. The van der Waals surface area contributed by atoms with E-state index in [0.29, 0.717) is 4.70 Å². The Kier molecular flexibility index (Phi) is 2.33. The van der Waals surface area contributed by atoms with E-state index in [4.69, 9.17) is 5.84 Å². The molecule has 0 bridgehead atoms. The molecule has 0 fully saturated rings. The maximum absolute atomic E-state index is 12.8. The van der Waals surface area contributed by atoms with Crippen molar-refractivity contribution in [3.8, 4) is 0 Å². The number of hydrogen-bond acceptors (Lipinski definition) is 4. The molecule has 1 heterocycles. The van der Waals surface area contributed by atoms with Crippen LogP contribution in [0.25, 0.3) is 10.2 Å². The molecule has 4 nitrogen and oxygen atoms in total. The molecule has 7 heteroatoms. The predicted molar refractivity (Wildman–Crippen MR) is 51.2 cm³/mol. The molecular formula is C8H5F2N3OS. The summed E-state index contributed by atoms with van der Waals surface area (Å²) in [6, 6.07) is 1.93. The maximum Gasteiger partial charge on any atom is 0.294 e. The van der Waals surface area contributed by atoms with Crippen molar-refractivity contribution >= 4 is 27.5 Å². The monoisotopic (exact) mass is 229 g/mol. The van der Waals surface area contributed by atoms with Gasteiger partial charge in [0, 0.05) is 6.07 Å². The highest BCUT2D eigenvalue weighted by molar-refractivity contribution is 7.20. The first-order valence-corrected chi connectivity index (χ1v) is 4.70. The lowest BCUT2D eigenvalue weighted by molar-refractivity contribution is 0.0953. The molecule has 0 aliphatic carbocycles. The number of nitrogens with zero attached hydrogens (tertiary/aromatic N) is 1. The Morgan fingerprint density at radius 2 is 2.07 bits per heavy atom. The van der Waals surface area contributed by atoms with E-state index in [1.165, 1.54) is 0 Å². The van der Waals surface area contributed by atoms with Crippen LogP contribution in [0.5, 0.6) is 0 Å². The van der Waals surface area contributed by atoms with Crippen LogP contribution in [0.1, 0.15) is 9.80 Å². The Morgan fingerprint density at radius 1 is 1.40 bits per heavy atom. The highest BCUT2D eigenvalue weighted by Gasteiger charge is 2.13. The Hall–Kier alpha value is -1.60. The van der Waals surface area contributed by atoms with E-state index in [-0.39, 0.29) is 10.5 Å². The third kappa shape index (κ3) is 1.66. The minimum absolute atomic E-state index is 0.0671. The molecule has 0 atom stereocenters. The van der Waals surface area contributed by atoms with E-state index in [1.807, 2.05) is 5.43 Å². The van der Waals surface area contributed by atoms with Crippen LogP contribution in [-0.4, -0.2) is 10.9 Å². The number of nitrogen functional groups attached to an aromatic ring is 1. The molecule has 0 saturated heterocycles. The lowest BCUT2D eigenvalue weighted by Crippen LogP contribution is -2.29. The van der Waals surface area contributed by atoms with Crippen molar-refractivity contribution in [1.29, 1.82) is 0 Å². The number of thiazole rings is 1. The van der Waals surface area contributed by atoms with Gasteiger partial charge in [0.15, 0.2) is 16.6 Å². The number of nitrogens with two attached hydrogens (primary N) is 1. The van der Waals surface area contributed by atoms with E-state index in [0.717, 1.165) is 23.5 Å². The summed E-state index contributed by atoms with van der Waals surface area (Å²) in [5, 5.41) is 0.0671. The van der Waals surface area contributed by atoms with Gasteiger partial charge in [-0.05, 0) is 6.07 Å². The van der Waals surface area contributed by atoms with Crippen molar-refractivity contribution in [2.24, 2.45) is 5.84 Å². The smallest absolute Gasteiger partial charge is 0.288 e. The number of hydrogen-bond donors (Lipinski definition) is 2. The number of carbonyl (C=O) groups excluding carboxylic acids is 1. The van der Waals surface area contributed by atoms with Crippen LogP contribution in [0, 0.1) is 11.6 Å². The highest BCUT2D eigenvalue weighted by atomic mass is 32.1. The number of nitrogens with one attached hydrogen (secondary N) is 1. The van der Waals surface area contributed by atoms with Gasteiger partial charge in [-0.25, -0.2) is 19.6 Å². The fourth-order valence-corrected chi connectivity index (χ4v) is 1.96. The van der Waals surface area contributed by atoms with E-state index >= 15 is 0 Å². The minimum Gasteiger partial charge on any atom is -0.288 e. The van der Waals surface area contributed by atoms with Crippen molar-refractivity contribution in [1.82, 2.24) is 10.4 Å². The van der Waals surface area contributed by atoms with Gasteiger partial charge in [-0.1, -0.05) is 0 Å². The zero-order valence-electron chi connectivity index (χ0n) is 7.25. The van der Waals surface area contributed by atoms with Gasteiger partial charge in [-0.2, -0.15) is 0 Å². The van der Waals surface area contributed by atoms with Gasteiger partial charge in [-0.15, -0.1) is 11.3 Å². The van der Waals surface area contributed by atoms with Crippen LogP contribution in [0.2, 0.25) is 0 Å². The van der Waals surface area contributed by atoms with Crippen LogP contribution in [0.15, 0.2) is 12.1 Å². The minimum atomic E-state index is -0.993. The summed E-state index contributed by atoms with van der Waals surface area (Å²) in [5.41, 5.74) is 2.13. The van der Waals surface area contributed by atoms with Crippen molar-refractivity contribution in [2.75, 3.05) is 0 Å². The molecule has 0 radical (unpaired) electrons. The van der Waals surface area contributed by atoms with Crippen LogP contribution >= 0.6 is 11.3 Å². The summed E-state index contributed by atoms with van der Waals surface area (Å²) in [5.74, 6) is 2.36. The van der Waals surface area contributed by atoms with E-state index in [1.54, 1.807) is 0 Å². The number of benzene rings is 1. The van der Waals surface area contributed by atoms with E-state index < -0.39 is 17.5 Å². The largest absolute Gasteiger partial charge is 0.294 e. The highest BCUT2D eigenvalue weighted by Crippen LogP contribution is 2.24. The summed E-state index contributed by atoms with van der Waals surface area (Å²) in [6.45, 7) is 0. The Labute approximate surface area is 86.7 Å². The van der Waals surface area contributed by atoms with Crippen LogP contribution in [-0.2, 0) is 0 Å². The van der Waals surface area contributed by atoms with Crippen LogP contribution < -0.4 is 11.3 Å². The standard InChI is InChI=1S/C8H5F2N3OS/c9-3-1-5-6(2-4(3)10)15-8(12-5)7(14)13-11/h1-2H,11H2,(H,13,14). The zero-order valence-corrected chi connectivity index (χ0v) is 8.07. The molecule has 2 aromatic rings. The molecule has 0 spiro atoms. The SMILES string of the molecule is NNC(=O)c1nc2cc(F)c(F)cc2s1. The molecule has 0 unspecified atom stereocenters. The molecule has 78 valence electrons. The topological polar surface area (TPSA) is 68.0 Å². The summed E-state index contributed by atoms with van der Waals surface area (Å²) in [7, 11) is 0. The Morgan fingerprint density at radius 3 is 2.73 bits per heavy atom. The number of amides is 1. The van der Waals surface area contributed by atoms with Gasteiger partial charge < -0.3 is 0 Å². The molecule has 0 aliphatic heterocycles. The number of rotatable bonds is 1. The summed E-state index contributed by atoms with van der Waals surface area (Å²) in [6.07, 6.45) is 0. The molecule has 0 aliphatic rings. The summed E-state index contributed by atoms with van der Waals surface area (Å²) in [4.78, 5) is 14.9. The fraction of sp³-hybridized carbons (Fsp3) is 0. The first-order chi connectivity index (χ1) is 7.11. The van der Waals surface area contributed by atoms with E-state index in [2.05, 4.69) is 4.98 Å². The molecule has 2 rings (SSSR count). The van der Waals surface area contributed by atoms with Gasteiger partial charge in [0.1, 0.15) is 0 Å². The van der Waals surface area contributed by atoms with Crippen molar-refractivity contribution < 1.29 is 13.6 Å². The van der Waals surface area contributed by atoms with Crippen molar-refractivity contribution in [2.45, 2.75) is 0 Å². The molecule has 15 heavy (non-hydrogen) atoms. The third-order valence-electron chi connectivity index (χ3n) is 1.76. The Bertz CT molecular complexity index is 501. The van der Waals surface area contributed by atoms with Gasteiger partial charge in [0.05, 0.1) is 10.2 Å². The maximum atomic E-state index is 12.8. The first-order valence-electron chi connectivity index (χ1n) is 3.88. The van der Waals surface area contributed by atoms with Crippen LogP contribution in [0.4, 0.5) is 8.78 Å². The third-order valence-corrected chi connectivity index (χ3v) is 2.77. The number of carbonyl (C=O) groups is 1. The normalized spacial score (nSPS) is 10.6. The zero-order chi connectivity index (χ0) is 11.0. The van der Waals surface area contributed by atoms with E-state index in [9.17, 15) is 13.6 Å².